The Hall–Kier alpha value is -0.490. The standard InChI is InChI=1S/C9H16O5/c10-5-6(11)8(13)9(14)4-2-1-3-7(9)12/h6,8,10-11,13-14H,1-5H2/t6-,8-,9-/m1/s1. The molecule has 0 heterocycles. The van der Waals surface area contributed by atoms with Crippen LogP contribution in [-0.4, -0.2) is 50.6 Å². The summed E-state index contributed by atoms with van der Waals surface area (Å²) < 4.78 is 0. The van der Waals surface area contributed by atoms with Crippen molar-refractivity contribution in [2.75, 3.05) is 6.61 Å². The van der Waals surface area contributed by atoms with Gasteiger partial charge in [-0.2, -0.15) is 0 Å². The summed E-state index contributed by atoms with van der Waals surface area (Å²) in [5, 5.41) is 37.1. The van der Waals surface area contributed by atoms with Crippen molar-refractivity contribution in [1.82, 2.24) is 0 Å². The second kappa shape index (κ2) is 4.35. The number of aliphatic hydroxyl groups excluding tert-OH is 3. The maximum absolute atomic E-state index is 11.4. The Morgan fingerprint density at radius 2 is 2.00 bits per heavy atom. The first-order valence-electron chi connectivity index (χ1n) is 4.75. The van der Waals surface area contributed by atoms with Gasteiger partial charge >= 0.3 is 0 Å². The second-order valence-corrected chi connectivity index (χ2v) is 3.75. The SMILES string of the molecule is O=C1CCCC[C@]1(O)[C@H](O)[C@H](O)CO. The Labute approximate surface area is 82.0 Å². The highest BCUT2D eigenvalue weighted by Crippen LogP contribution is 2.29. The van der Waals surface area contributed by atoms with Crippen molar-refractivity contribution >= 4 is 5.78 Å². The number of ketones is 1. The molecule has 4 N–H and O–H groups in total. The zero-order valence-electron chi connectivity index (χ0n) is 7.89. The molecule has 5 nitrogen and oxygen atoms in total. The van der Waals surface area contributed by atoms with Gasteiger partial charge in [-0.1, -0.05) is 0 Å². The first-order chi connectivity index (χ1) is 6.52. The molecule has 0 aromatic rings. The van der Waals surface area contributed by atoms with Crippen molar-refractivity contribution in [2.45, 2.75) is 43.5 Å². The third-order valence-electron chi connectivity index (χ3n) is 2.74. The van der Waals surface area contributed by atoms with E-state index >= 15 is 0 Å². The van der Waals surface area contributed by atoms with Gasteiger partial charge in [0.15, 0.2) is 11.4 Å². The topological polar surface area (TPSA) is 98.0 Å². The molecule has 0 bridgehead atoms. The van der Waals surface area contributed by atoms with E-state index < -0.39 is 30.2 Å². The summed E-state index contributed by atoms with van der Waals surface area (Å²) in [6, 6.07) is 0. The maximum atomic E-state index is 11.4. The molecule has 82 valence electrons. The average molecular weight is 204 g/mol. The van der Waals surface area contributed by atoms with Crippen LogP contribution in [0, 0.1) is 0 Å². The van der Waals surface area contributed by atoms with Gasteiger partial charge in [-0.25, -0.2) is 0 Å². The largest absolute Gasteiger partial charge is 0.394 e. The summed E-state index contributed by atoms with van der Waals surface area (Å²) in [6.07, 6.45) is -1.38. The van der Waals surface area contributed by atoms with Crippen LogP contribution in [0.15, 0.2) is 0 Å². The molecule has 1 aliphatic carbocycles. The number of hydrogen-bond acceptors (Lipinski definition) is 5. The number of aliphatic hydroxyl groups is 4. The molecule has 0 aromatic heterocycles. The van der Waals surface area contributed by atoms with E-state index in [1.54, 1.807) is 0 Å². The third kappa shape index (κ3) is 1.95. The smallest absolute Gasteiger partial charge is 0.167 e. The molecule has 0 saturated heterocycles. The maximum Gasteiger partial charge on any atom is 0.167 e. The van der Waals surface area contributed by atoms with Crippen LogP contribution in [0.4, 0.5) is 0 Å². The summed E-state index contributed by atoms with van der Waals surface area (Å²) in [6.45, 7) is -0.670. The lowest BCUT2D eigenvalue weighted by atomic mass is 9.78. The van der Waals surface area contributed by atoms with E-state index in [0.29, 0.717) is 12.8 Å². The molecule has 1 fully saturated rings. The molecule has 0 aliphatic heterocycles. The van der Waals surface area contributed by atoms with Gasteiger partial charge in [-0.15, -0.1) is 0 Å². The van der Waals surface area contributed by atoms with Gasteiger partial charge in [-0.05, 0) is 19.3 Å². The van der Waals surface area contributed by atoms with Gasteiger partial charge in [0, 0.05) is 6.42 Å². The Morgan fingerprint density at radius 3 is 2.50 bits per heavy atom. The van der Waals surface area contributed by atoms with Crippen molar-refractivity contribution in [3.05, 3.63) is 0 Å². The molecule has 14 heavy (non-hydrogen) atoms. The molecule has 0 unspecified atom stereocenters. The molecular formula is C9H16O5. The minimum Gasteiger partial charge on any atom is -0.394 e. The molecule has 0 aromatic carbocycles. The van der Waals surface area contributed by atoms with Crippen LogP contribution in [0.1, 0.15) is 25.7 Å². The molecule has 1 aliphatic rings. The van der Waals surface area contributed by atoms with Crippen molar-refractivity contribution in [3.63, 3.8) is 0 Å². The van der Waals surface area contributed by atoms with Gasteiger partial charge in [0.25, 0.3) is 0 Å². The van der Waals surface area contributed by atoms with E-state index in [2.05, 4.69) is 0 Å². The lowest BCUT2D eigenvalue weighted by Gasteiger charge is -2.36. The highest BCUT2D eigenvalue weighted by atomic mass is 16.4. The van der Waals surface area contributed by atoms with E-state index in [9.17, 15) is 15.0 Å². The number of carbonyl (C=O) groups excluding carboxylic acids is 1. The quantitative estimate of drug-likeness (QED) is 0.452. The minimum atomic E-state index is -1.87. The predicted octanol–water partition coefficient (Wildman–Crippen LogP) is -1.43. The van der Waals surface area contributed by atoms with E-state index in [1.165, 1.54) is 0 Å². The fourth-order valence-electron chi connectivity index (χ4n) is 1.77. The summed E-state index contributed by atoms with van der Waals surface area (Å²) in [5.74, 6) is -0.455. The number of hydrogen-bond donors (Lipinski definition) is 4. The lowest BCUT2D eigenvalue weighted by molar-refractivity contribution is -0.170. The number of rotatable bonds is 3. The molecule has 0 radical (unpaired) electrons. The first kappa shape index (κ1) is 11.6. The van der Waals surface area contributed by atoms with Gasteiger partial charge in [-0.3, -0.25) is 4.79 Å². The fraction of sp³-hybridized carbons (Fsp3) is 0.889. The lowest BCUT2D eigenvalue weighted by Crippen LogP contribution is -2.56. The van der Waals surface area contributed by atoms with Crippen LogP contribution in [0.5, 0.6) is 0 Å². The highest BCUT2D eigenvalue weighted by molar-refractivity contribution is 5.88. The van der Waals surface area contributed by atoms with Gasteiger partial charge in [0.05, 0.1) is 6.61 Å². The van der Waals surface area contributed by atoms with Crippen LogP contribution in [0.2, 0.25) is 0 Å². The summed E-state index contributed by atoms with van der Waals surface area (Å²) in [5.41, 5.74) is -1.87. The Bertz CT molecular complexity index is 217. The minimum absolute atomic E-state index is 0.143. The zero-order chi connectivity index (χ0) is 10.8. The molecule has 5 heteroatoms. The summed E-state index contributed by atoms with van der Waals surface area (Å²) >= 11 is 0. The molecular weight excluding hydrogens is 188 g/mol. The highest BCUT2D eigenvalue weighted by Gasteiger charge is 2.46. The number of Topliss-reactive ketones (excluding diaryl/α,β-unsaturated/α-hetero) is 1. The zero-order valence-corrected chi connectivity index (χ0v) is 7.89. The molecule has 1 rings (SSSR count). The Balaban J connectivity index is 2.75. The summed E-state index contributed by atoms with van der Waals surface area (Å²) in [7, 11) is 0. The van der Waals surface area contributed by atoms with Gasteiger partial charge in [0.1, 0.15) is 12.2 Å². The van der Waals surface area contributed by atoms with Crippen LogP contribution in [0.25, 0.3) is 0 Å². The first-order valence-corrected chi connectivity index (χ1v) is 4.75. The Kier molecular flexibility index (Phi) is 3.60. The van der Waals surface area contributed by atoms with E-state index in [1.807, 2.05) is 0 Å². The molecule has 3 atom stereocenters. The molecule has 0 spiro atoms. The second-order valence-electron chi connectivity index (χ2n) is 3.75. The van der Waals surface area contributed by atoms with Crippen LogP contribution >= 0.6 is 0 Å². The van der Waals surface area contributed by atoms with Gasteiger partial charge < -0.3 is 20.4 Å². The van der Waals surface area contributed by atoms with E-state index in [0.717, 1.165) is 0 Å². The van der Waals surface area contributed by atoms with Crippen LogP contribution < -0.4 is 0 Å². The van der Waals surface area contributed by atoms with Crippen molar-refractivity contribution in [3.8, 4) is 0 Å². The fourth-order valence-corrected chi connectivity index (χ4v) is 1.77. The van der Waals surface area contributed by atoms with E-state index in [-0.39, 0.29) is 12.8 Å². The van der Waals surface area contributed by atoms with Crippen molar-refractivity contribution in [1.29, 1.82) is 0 Å². The summed E-state index contributed by atoms with van der Waals surface area (Å²) in [4.78, 5) is 11.4. The average Bonchev–Trinajstić information content (AvgIpc) is 2.20. The Morgan fingerprint density at radius 1 is 1.36 bits per heavy atom. The monoisotopic (exact) mass is 204 g/mol. The van der Waals surface area contributed by atoms with Crippen LogP contribution in [-0.2, 0) is 4.79 Å². The third-order valence-corrected chi connectivity index (χ3v) is 2.74. The number of carbonyl (C=O) groups is 1. The predicted molar refractivity (Wildman–Crippen MR) is 47.5 cm³/mol. The van der Waals surface area contributed by atoms with E-state index in [4.69, 9.17) is 10.2 Å². The van der Waals surface area contributed by atoms with Crippen LogP contribution in [0.3, 0.4) is 0 Å². The van der Waals surface area contributed by atoms with Gasteiger partial charge in [0.2, 0.25) is 0 Å². The molecule has 1 saturated carbocycles. The van der Waals surface area contributed by atoms with Crippen molar-refractivity contribution < 1.29 is 25.2 Å². The normalized spacial score (nSPS) is 32.7. The van der Waals surface area contributed by atoms with Crippen molar-refractivity contribution in [2.24, 2.45) is 0 Å². The molecule has 0 amide bonds.